The van der Waals surface area contributed by atoms with E-state index in [1.807, 2.05) is 12.5 Å². The number of imidazole rings is 1. The number of benzene rings is 1. The molecule has 2 heterocycles. The minimum Gasteiger partial charge on any atom is -0.393 e. The Kier molecular flexibility index (Phi) is 2.49. The molecule has 1 aromatic heterocycles. The fourth-order valence-corrected chi connectivity index (χ4v) is 3.82. The fraction of sp³-hybridized carbons (Fsp3) is 0.438. The largest absolute Gasteiger partial charge is 0.393 e. The van der Waals surface area contributed by atoms with Gasteiger partial charge in [-0.15, -0.1) is 0 Å². The average Bonchev–Trinajstić information content (AvgIpc) is 3.00. The van der Waals surface area contributed by atoms with Crippen LogP contribution in [0.1, 0.15) is 37.3 Å². The third-order valence-corrected chi connectivity index (χ3v) is 4.71. The van der Waals surface area contributed by atoms with Gasteiger partial charge in [0, 0.05) is 11.5 Å². The topological polar surface area (TPSA) is 38.1 Å². The Morgan fingerprint density at radius 3 is 2.89 bits per heavy atom. The minimum absolute atomic E-state index is 0.180. The van der Waals surface area contributed by atoms with Crippen LogP contribution < -0.4 is 0 Å². The first-order valence-corrected chi connectivity index (χ1v) is 7.15. The first kappa shape index (κ1) is 11.2. The molecule has 0 saturated heterocycles. The van der Waals surface area contributed by atoms with E-state index in [2.05, 4.69) is 33.8 Å². The van der Waals surface area contributed by atoms with Gasteiger partial charge in [-0.25, -0.2) is 4.98 Å². The van der Waals surface area contributed by atoms with Crippen LogP contribution >= 0.6 is 0 Å². The summed E-state index contributed by atoms with van der Waals surface area (Å²) in [7, 11) is 0. The highest BCUT2D eigenvalue weighted by Gasteiger charge is 2.38. The summed E-state index contributed by atoms with van der Waals surface area (Å²) in [5, 5.41) is 10.4. The smallest absolute Gasteiger partial charge is 0.0956 e. The predicted molar refractivity (Wildman–Crippen MR) is 73.8 cm³/mol. The number of hydrogen-bond acceptors (Lipinski definition) is 2. The van der Waals surface area contributed by atoms with E-state index >= 15 is 0 Å². The van der Waals surface area contributed by atoms with Gasteiger partial charge in [0.25, 0.3) is 0 Å². The van der Waals surface area contributed by atoms with Gasteiger partial charge in [-0.3, -0.25) is 0 Å². The molecule has 3 nitrogen and oxygen atoms in total. The SMILES string of the molecule is O[C@@H]1CCCC[C@H]1[C@H]1c2ccccc2-c2cncn21. The van der Waals surface area contributed by atoms with Gasteiger partial charge in [0.1, 0.15) is 0 Å². The van der Waals surface area contributed by atoms with E-state index in [0.29, 0.717) is 5.92 Å². The van der Waals surface area contributed by atoms with Crippen molar-refractivity contribution in [1.29, 1.82) is 0 Å². The van der Waals surface area contributed by atoms with Crippen molar-refractivity contribution in [3.05, 3.63) is 42.4 Å². The summed E-state index contributed by atoms with van der Waals surface area (Å²) < 4.78 is 2.25. The number of nitrogens with zero attached hydrogens (tertiary/aromatic N) is 2. The maximum atomic E-state index is 10.4. The lowest BCUT2D eigenvalue weighted by atomic mass is 9.79. The Morgan fingerprint density at radius 2 is 2.00 bits per heavy atom. The molecule has 2 aliphatic rings. The molecule has 1 aliphatic heterocycles. The van der Waals surface area contributed by atoms with E-state index in [1.54, 1.807) is 0 Å². The second kappa shape index (κ2) is 4.20. The normalized spacial score (nSPS) is 29.0. The lowest BCUT2D eigenvalue weighted by Gasteiger charge is -2.33. The van der Waals surface area contributed by atoms with Gasteiger partial charge in [0.2, 0.25) is 0 Å². The zero-order valence-corrected chi connectivity index (χ0v) is 10.9. The molecule has 1 N–H and O–H groups in total. The standard InChI is InChI=1S/C16H18N2O/c19-15-8-4-3-7-13(15)16-12-6-2-1-5-11(12)14-9-17-10-18(14)16/h1-2,5-6,9-10,13,15-16,19H,3-4,7-8H2/t13-,15-,16-/m1/s1. The Bertz CT molecular complexity index is 604. The highest BCUT2D eigenvalue weighted by molar-refractivity contribution is 5.69. The number of hydrogen-bond donors (Lipinski definition) is 1. The maximum Gasteiger partial charge on any atom is 0.0956 e. The van der Waals surface area contributed by atoms with E-state index in [-0.39, 0.29) is 12.1 Å². The molecule has 2 aromatic rings. The van der Waals surface area contributed by atoms with Crippen molar-refractivity contribution < 1.29 is 5.11 Å². The Morgan fingerprint density at radius 1 is 1.16 bits per heavy atom. The van der Waals surface area contributed by atoms with Crippen LogP contribution in [0.4, 0.5) is 0 Å². The Hall–Kier alpha value is -1.61. The maximum absolute atomic E-state index is 10.4. The summed E-state index contributed by atoms with van der Waals surface area (Å²) in [4.78, 5) is 4.29. The van der Waals surface area contributed by atoms with Crippen LogP contribution in [0.25, 0.3) is 11.3 Å². The van der Waals surface area contributed by atoms with E-state index in [9.17, 15) is 5.11 Å². The van der Waals surface area contributed by atoms with Crippen LogP contribution in [0.15, 0.2) is 36.8 Å². The first-order valence-electron chi connectivity index (χ1n) is 7.15. The molecular weight excluding hydrogens is 236 g/mol. The summed E-state index contributed by atoms with van der Waals surface area (Å²) in [6.45, 7) is 0. The average molecular weight is 254 g/mol. The zero-order valence-electron chi connectivity index (χ0n) is 10.9. The molecule has 1 aliphatic carbocycles. The number of rotatable bonds is 1. The van der Waals surface area contributed by atoms with Crippen molar-refractivity contribution in [2.75, 3.05) is 0 Å². The van der Waals surface area contributed by atoms with Gasteiger partial charge in [-0.05, 0) is 18.4 Å². The quantitative estimate of drug-likeness (QED) is 0.849. The van der Waals surface area contributed by atoms with E-state index in [0.717, 1.165) is 19.3 Å². The Labute approximate surface area is 112 Å². The first-order chi connectivity index (χ1) is 9.36. The van der Waals surface area contributed by atoms with Crippen LogP contribution in [-0.2, 0) is 0 Å². The van der Waals surface area contributed by atoms with Gasteiger partial charge in [0.05, 0.1) is 30.4 Å². The molecule has 98 valence electrons. The molecule has 3 atom stereocenters. The van der Waals surface area contributed by atoms with E-state index < -0.39 is 0 Å². The Balaban J connectivity index is 1.84. The van der Waals surface area contributed by atoms with Gasteiger partial charge in [-0.1, -0.05) is 37.1 Å². The van der Waals surface area contributed by atoms with Crippen molar-refractivity contribution in [3.63, 3.8) is 0 Å². The molecule has 1 aromatic carbocycles. The summed E-state index contributed by atoms with van der Waals surface area (Å²) >= 11 is 0. The van der Waals surface area contributed by atoms with Crippen LogP contribution in [0.2, 0.25) is 0 Å². The molecule has 4 rings (SSSR count). The van der Waals surface area contributed by atoms with Crippen molar-refractivity contribution in [2.45, 2.75) is 37.8 Å². The summed E-state index contributed by atoms with van der Waals surface area (Å²) in [6.07, 6.45) is 8.11. The van der Waals surface area contributed by atoms with E-state index in [1.165, 1.54) is 23.2 Å². The monoisotopic (exact) mass is 254 g/mol. The highest BCUT2D eigenvalue weighted by Crippen LogP contribution is 2.46. The zero-order chi connectivity index (χ0) is 12.8. The molecule has 19 heavy (non-hydrogen) atoms. The van der Waals surface area contributed by atoms with Gasteiger partial charge < -0.3 is 9.67 Å². The molecule has 0 amide bonds. The molecular formula is C16H18N2O. The fourth-order valence-electron chi connectivity index (χ4n) is 3.82. The number of fused-ring (bicyclic) bond motifs is 3. The van der Waals surface area contributed by atoms with Crippen LogP contribution in [0, 0.1) is 5.92 Å². The highest BCUT2D eigenvalue weighted by atomic mass is 16.3. The van der Waals surface area contributed by atoms with E-state index in [4.69, 9.17) is 0 Å². The van der Waals surface area contributed by atoms with Crippen molar-refractivity contribution in [3.8, 4) is 11.3 Å². The summed E-state index contributed by atoms with van der Waals surface area (Å²) in [5.41, 5.74) is 3.83. The van der Waals surface area contributed by atoms with Crippen molar-refractivity contribution in [1.82, 2.24) is 9.55 Å². The summed E-state index contributed by atoms with van der Waals surface area (Å²) in [6, 6.07) is 8.81. The van der Waals surface area contributed by atoms with Crippen LogP contribution in [0.3, 0.4) is 0 Å². The number of aliphatic hydroxyl groups excluding tert-OH is 1. The van der Waals surface area contributed by atoms with Crippen LogP contribution in [-0.4, -0.2) is 20.8 Å². The molecule has 0 bridgehead atoms. The van der Waals surface area contributed by atoms with Gasteiger partial charge in [0.15, 0.2) is 0 Å². The van der Waals surface area contributed by atoms with Crippen molar-refractivity contribution >= 4 is 0 Å². The molecule has 0 radical (unpaired) electrons. The molecule has 0 spiro atoms. The third-order valence-electron chi connectivity index (χ3n) is 4.71. The number of aromatic nitrogens is 2. The second-order valence-corrected chi connectivity index (χ2v) is 5.73. The second-order valence-electron chi connectivity index (χ2n) is 5.73. The lowest BCUT2D eigenvalue weighted by Crippen LogP contribution is -2.31. The molecule has 3 heteroatoms. The van der Waals surface area contributed by atoms with Crippen LogP contribution in [0.5, 0.6) is 0 Å². The lowest BCUT2D eigenvalue weighted by molar-refractivity contribution is 0.0504. The summed E-state index contributed by atoms with van der Waals surface area (Å²) in [5.74, 6) is 0.324. The van der Waals surface area contributed by atoms with Gasteiger partial charge >= 0.3 is 0 Å². The van der Waals surface area contributed by atoms with Crippen molar-refractivity contribution in [2.24, 2.45) is 5.92 Å². The molecule has 1 fully saturated rings. The minimum atomic E-state index is -0.180. The van der Waals surface area contributed by atoms with Gasteiger partial charge in [-0.2, -0.15) is 0 Å². The third kappa shape index (κ3) is 1.58. The molecule has 0 unspecified atom stereocenters. The molecule has 1 saturated carbocycles. The number of aliphatic hydroxyl groups is 1. The predicted octanol–water partition coefficient (Wildman–Crippen LogP) is 3.00.